The molecule has 1 aliphatic heterocycles. The SMILES string of the molecule is CCNc1cc(C(=O)NC2(C)CCOCC2)c(Cl)cn1. The molecular formula is C14H20ClN3O2. The van der Waals surface area contributed by atoms with Gasteiger partial charge in [0.05, 0.1) is 10.6 Å². The second-order valence-electron chi connectivity index (χ2n) is 5.21. The van der Waals surface area contributed by atoms with Crippen LogP contribution in [0.2, 0.25) is 5.02 Å². The Morgan fingerprint density at radius 3 is 2.85 bits per heavy atom. The molecule has 0 atom stereocenters. The number of ether oxygens (including phenoxy) is 1. The van der Waals surface area contributed by atoms with Crippen LogP contribution in [0.1, 0.15) is 37.0 Å². The molecule has 2 rings (SSSR count). The fourth-order valence-corrected chi connectivity index (χ4v) is 2.37. The van der Waals surface area contributed by atoms with Crippen LogP contribution in [0.5, 0.6) is 0 Å². The lowest BCUT2D eigenvalue weighted by Gasteiger charge is -2.34. The molecular weight excluding hydrogens is 278 g/mol. The van der Waals surface area contributed by atoms with Crippen LogP contribution in [0.15, 0.2) is 12.3 Å². The number of amides is 1. The van der Waals surface area contributed by atoms with Gasteiger partial charge >= 0.3 is 0 Å². The molecule has 6 heteroatoms. The normalized spacial score (nSPS) is 17.6. The minimum Gasteiger partial charge on any atom is -0.381 e. The minimum absolute atomic E-state index is 0.166. The Bertz CT molecular complexity index is 487. The number of hydrogen-bond donors (Lipinski definition) is 2. The molecule has 1 amide bonds. The molecule has 0 saturated carbocycles. The molecule has 2 N–H and O–H groups in total. The van der Waals surface area contributed by atoms with Crippen molar-refractivity contribution >= 4 is 23.3 Å². The summed E-state index contributed by atoms with van der Waals surface area (Å²) < 4.78 is 5.33. The monoisotopic (exact) mass is 297 g/mol. The Morgan fingerprint density at radius 2 is 2.20 bits per heavy atom. The first-order chi connectivity index (χ1) is 9.54. The zero-order valence-corrected chi connectivity index (χ0v) is 12.6. The average Bonchev–Trinajstić information content (AvgIpc) is 2.41. The lowest BCUT2D eigenvalue weighted by Crippen LogP contribution is -2.49. The molecule has 1 aromatic heterocycles. The summed E-state index contributed by atoms with van der Waals surface area (Å²) in [6.45, 7) is 6.09. The lowest BCUT2D eigenvalue weighted by atomic mass is 9.92. The van der Waals surface area contributed by atoms with Gasteiger partial charge in [0, 0.05) is 31.5 Å². The van der Waals surface area contributed by atoms with E-state index in [1.165, 1.54) is 6.20 Å². The summed E-state index contributed by atoms with van der Waals surface area (Å²) in [6.07, 6.45) is 3.11. The van der Waals surface area contributed by atoms with Crippen LogP contribution in [0, 0.1) is 0 Å². The van der Waals surface area contributed by atoms with Crippen LogP contribution < -0.4 is 10.6 Å². The maximum Gasteiger partial charge on any atom is 0.253 e. The summed E-state index contributed by atoms with van der Waals surface area (Å²) in [5.74, 6) is 0.486. The number of rotatable bonds is 4. The molecule has 2 heterocycles. The van der Waals surface area contributed by atoms with Crippen LogP contribution in [0.25, 0.3) is 0 Å². The first-order valence-electron chi connectivity index (χ1n) is 6.84. The van der Waals surface area contributed by atoms with Gasteiger partial charge in [-0.2, -0.15) is 0 Å². The van der Waals surface area contributed by atoms with Crippen molar-refractivity contribution in [2.24, 2.45) is 0 Å². The van der Waals surface area contributed by atoms with E-state index in [1.807, 2.05) is 13.8 Å². The van der Waals surface area contributed by atoms with Gasteiger partial charge in [0.25, 0.3) is 5.91 Å². The quantitative estimate of drug-likeness (QED) is 0.896. The second kappa shape index (κ2) is 6.41. The van der Waals surface area contributed by atoms with E-state index in [2.05, 4.69) is 15.6 Å². The fraction of sp³-hybridized carbons (Fsp3) is 0.571. The topological polar surface area (TPSA) is 63.2 Å². The predicted molar refractivity (Wildman–Crippen MR) is 79.3 cm³/mol. The minimum atomic E-state index is -0.236. The van der Waals surface area contributed by atoms with Crippen LogP contribution >= 0.6 is 11.6 Å². The van der Waals surface area contributed by atoms with Crippen molar-refractivity contribution in [2.45, 2.75) is 32.2 Å². The number of nitrogens with one attached hydrogen (secondary N) is 2. The lowest BCUT2D eigenvalue weighted by molar-refractivity contribution is 0.0423. The highest BCUT2D eigenvalue weighted by Crippen LogP contribution is 2.23. The highest BCUT2D eigenvalue weighted by Gasteiger charge is 2.30. The standard InChI is InChI=1S/C14H20ClN3O2/c1-3-16-12-8-10(11(15)9-17-12)13(19)18-14(2)4-6-20-7-5-14/h8-9H,3-7H2,1-2H3,(H,16,17)(H,18,19). The molecule has 1 aromatic rings. The summed E-state index contributed by atoms with van der Waals surface area (Å²) in [5, 5.41) is 6.50. The Kier molecular flexibility index (Phi) is 4.83. The Labute approximate surface area is 124 Å². The van der Waals surface area contributed by atoms with E-state index in [-0.39, 0.29) is 11.4 Å². The average molecular weight is 298 g/mol. The Morgan fingerprint density at radius 1 is 1.50 bits per heavy atom. The van der Waals surface area contributed by atoms with Crippen molar-refractivity contribution < 1.29 is 9.53 Å². The summed E-state index contributed by atoms with van der Waals surface area (Å²) >= 11 is 6.08. The summed E-state index contributed by atoms with van der Waals surface area (Å²) in [6, 6.07) is 1.68. The molecule has 0 radical (unpaired) electrons. The molecule has 0 aliphatic carbocycles. The van der Waals surface area contributed by atoms with Crippen molar-refractivity contribution in [1.82, 2.24) is 10.3 Å². The Balaban J connectivity index is 2.13. The van der Waals surface area contributed by atoms with E-state index in [9.17, 15) is 4.79 Å². The number of halogens is 1. The van der Waals surface area contributed by atoms with Gasteiger partial charge < -0.3 is 15.4 Å². The summed E-state index contributed by atoms with van der Waals surface area (Å²) in [7, 11) is 0. The van der Waals surface area contributed by atoms with Crippen LogP contribution in [0.3, 0.4) is 0 Å². The smallest absolute Gasteiger partial charge is 0.253 e. The van der Waals surface area contributed by atoms with Crippen LogP contribution in [-0.4, -0.2) is 36.2 Å². The number of pyridine rings is 1. The molecule has 0 aromatic carbocycles. The molecule has 0 spiro atoms. The van der Waals surface area contributed by atoms with E-state index in [4.69, 9.17) is 16.3 Å². The number of nitrogens with zero attached hydrogens (tertiary/aromatic N) is 1. The third-order valence-electron chi connectivity index (χ3n) is 3.47. The maximum absolute atomic E-state index is 12.4. The van der Waals surface area contributed by atoms with Crippen molar-refractivity contribution in [3.63, 3.8) is 0 Å². The van der Waals surface area contributed by atoms with Gasteiger partial charge in [0.1, 0.15) is 5.82 Å². The van der Waals surface area contributed by atoms with Crippen molar-refractivity contribution in [2.75, 3.05) is 25.1 Å². The molecule has 1 fully saturated rings. The number of carbonyl (C=O) groups excluding carboxylic acids is 1. The molecule has 110 valence electrons. The number of anilines is 1. The molecule has 1 saturated heterocycles. The summed E-state index contributed by atoms with van der Waals surface area (Å²) in [4.78, 5) is 16.5. The van der Waals surface area contributed by atoms with Gasteiger partial charge in [-0.3, -0.25) is 4.79 Å². The van der Waals surface area contributed by atoms with Gasteiger partial charge in [-0.05, 0) is 32.8 Å². The largest absolute Gasteiger partial charge is 0.381 e. The first-order valence-corrected chi connectivity index (χ1v) is 7.21. The number of carbonyl (C=O) groups is 1. The second-order valence-corrected chi connectivity index (χ2v) is 5.61. The highest BCUT2D eigenvalue weighted by molar-refractivity contribution is 6.33. The van der Waals surface area contributed by atoms with E-state index in [0.717, 1.165) is 19.4 Å². The van der Waals surface area contributed by atoms with Crippen LogP contribution in [0.4, 0.5) is 5.82 Å². The fourth-order valence-electron chi connectivity index (χ4n) is 2.18. The van der Waals surface area contributed by atoms with Crippen LogP contribution in [-0.2, 0) is 4.74 Å². The van der Waals surface area contributed by atoms with E-state index in [0.29, 0.717) is 29.6 Å². The molecule has 20 heavy (non-hydrogen) atoms. The zero-order valence-electron chi connectivity index (χ0n) is 11.8. The third-order valence-corrected chi connectivity index (χ3v) is 3.77. The predicted octanol–water partition coefficient (Wildman–Crippen LogP) is 2.47. The van der Waals surface area contributed by atoms with Crippen molar-refractivity contribution in [1.29, 1.82) is 0 Å². The van der Waals surface area contributed by atoms with Gasteiger partial charge in [0.2, 0.25) is 0 Å². The number of hydrogen-bond acceptors (Lipinski definition) is 4. The van der Waals surface area contributed by atoms with Gasteiger partial charge in [-0.15, -0.1) is 0 Å². The Hall–Kier alpha value is -1.33. The molecule has 0 unspecified atom stereocenters. The van der Waals surface area contributed by atoms with E-state index >= 15 is 0 Å². The maximum atomic E-state index is 12.4. The van der Waals surface area contributed by atoms with Crippen molar-refractivity contribution in [3.05, 3.63) is 22.8 Å². The van der Waals surface area contributed by atoms with Crippen molar-refractivity contribution in [3.8, 4) is 0 Å². The van der Waals surface area contributed by atoms with Gasteiger partial charge in [-0.1, -0.05) is 11.6 Å². The van der Waals surface area contributed by atoms with E-state index in [1.54, 1.807) is 6.07 Å². The third kappa shape index (κ3) is 3.61. The first kappa shape index (κ1) is 15.1. The molecule has 5 nitrogen and oxygen atoms in total. The zero-order chi connectivity index (χ0) is 14.6. The highest BCUT2D eigenvalue weighted by atomic mass is 35.5. The molecule has 1 aliphatic rings. The van der Waals surface area contributed by atoms with E-state index < -0.39 is 0 Å². The number of aromatic nitrogens is 1. The van der Waals surface area contributed by atoms with Gasteiger partial charge in [0.15, 0.2) is 0 Å². The summed E-state index contributed by atoms with van der Waals surface area (Å²) in [5.41, 5.74) is 0.214. The van der Waals surface area contributed by atoms with Gasteiger partial charge in [-0.25, -0.2) is 4.98 Å². The molecule has 0 bridgehead atoms.